The Hall–Kier alpha value is -3.08. The van der Waals surface area contributed by atoms with Crippen LogP contribution in [0.15, 0.2) is 59.7 Å². The molecule has 2 N–H and O–H groups in total. The second-order valence-corrected chi connectivity index (χ2v) is 9.58. The van der Waals surface area contributed by atoms with E-state index >= 15 is 0 Å². The van der Waals surface area contributed by atoms with Crippen LogP contribution in [0.1, 0.15) is 15.4 Å². The standard InChI is InChI=1S/C22H20ClN5O3S2/c1-32-11-10-31-20-17(8-9-24-22(20)30)14-2-4-16(5-3-14)28-13-15(26-27-28)12-25-21(29)18-6-7-19(23)33-18/h2-9,13H,10-12H2,1H3,(H,24,30)(H,25,29). The Kier molecular flexibility index (Phi) is 7.48. The van der Waals surface area contributed by atoms with Crippen molar-refractivity contribution < 1.29 is 9.53 Å². The van der Waals surface area contributed by atoms with E-state index in [0.717, 1.165) is 22.6 Å². The molecular formula is C22H20ClN5O3S2. The minimum absolute atomic E-state index is 0.209. The van der Waals surface area contributed by atoms with Crippen LogP contribution in [0.3, 0.4) is 0 Å². The fourth-order valence-electron chi connectivity index (χ4n) is 3.06. The molecule has 0 aliphatic carbocycles. The van der Waals surface area contributed by atoms with E-state index in [1.54, 1.807) is 41.0 Å². The van der Waals surface area contributed by atoms with Crippen LogP contribution in [0.25, 0.3) is 16.8 Å². The molecule has 0 saturated carbocycles. The maximum Gasteiger partial charge on any atom is 0.290 e. The molecule has 1 amide bonds. The smallest absolute Gasteiger partial charge is 0.290 e. The maximum atomic E-state index is 12.3. The van der Waals surface area contributed by atoms with E-state index in [1.807, 2.05) is 36.6 Å². The minimum atomic E-state index is -0.259. The first-order valence-corrected chi connectivity index (χ1v) is 12.5. The van der Waals surface area contributed by atoms with E-state index in [4.69, 9.17) is 16.3 Å². The van der Waals surface area contributed by atoms with Crippen molar-refractivity contribution in [1.82, 2.24) is 25.3 Å². The topological polar surface area (TPSA) is 102 Å². The maximum absolute atomic E-state index is 12.3. The van der Waals surface area contributed by atoms with Gasteiger partial charge in [-0.1, -0.05) is 28.9 Å². The zero-order valence-corrected chi connectivity index (χ0v) is 20.0. The Morgan fingerprint density at radius 3 is 2.79 bits per heavy atom. The molecule has 3 heterocycles. The first-order chi connectivity index (χ1) is 16.0. The van der Waals surface area contributed by atoms with Crippen molar-refractivity contribution >= 4 is 40.6 Å². The lowest BCUT2D eigenvalue weighted by Gasteiger charge is -2.10. The summed E-state index contributed by atoms with van der Waals surface area (Å²) in [5.74, 6) is 0.896. The highest BCUT2D eigenvalue weighted by molar-refractivity contribution is 7.98. The number of nitrogens with one attached hydrogen (secondary N) is 2. The van der Waals surface area contributed by atoms with Crippen molar-refractivity contribution in [3.05, 3.63) is 80.1 Å². The number of H-pyrrole nitrogens is 1. The van der Waals surface area contributed by atoms with Gasteiger partial charge < -0.3 is 15.0 Å². The summed E-state index contributed by atoms with van der Waals surface area (Å²) in [5.41, 5.74) is 2.73. The molecule has 0 bridgehead atoms. The Bertz CT molecular complexity index is 1300. The molecule has 0 spiro atoms. The fourth-order valence-corrected chi connectivity index (χ4v) is 4.26. The lowest BCUT2D eigenvalue weighted by atomic mass is 10.1. The molecule has 33 heavy (non-hydrogen) atoms. The molecule has 8 nitrogen and oxygen atoms in total. The fraction of sp³-hybridized carbons (Fsp3) is 0.182. The molecule has 0 fully saturated rings. The molecule has 170 valence electrons. The number of nitrogens with zero attached hydrogens (tertiary/aromatic N) is 3. The molecule has 0 saturated heterocycles. The van der Waals surface area contributed by atoms with Crippen molar-refractivity contribution in [1.29, 1.82) is 0 Å². The highest BCUT2D eigenvalue weighted by Crippen LogP contribution is 2.27. The van der Waals surface area contributed by atoms with E-state index in [2.05, 4.69) is 20.6 Å². The number of halogens is 1. The summed E-state index contributed by atoms with van der Waals surface area (Å²) >= 11 is 8.75. The third-order valence-corrected chi connectivity index (χ3v) is 6.46. The number of thiophene rings is 1. The van der Waals surface area contributed by atoms with Crippen LogP contribution < -0.4 is 15.6 Å². The van der Waals surface area contributed by atoms with Crippen molar-refractivity contribution in [2.24, 2.45) is 0 Å². The summed E-state index contributed by atoms with van der Waals surface area (Å²) in [5, 5.41) is 11.1. The molecule has 4 rings (SSSR count). The van der Waals surface area contributed by atoms with Crippen molar-refractivity contribution in [3.8, 4) is 22.6 Å². The van der Waals surface area contributed by atoms with Crippen LogP contribution in [0.2, 0.25) is 4.34 Å². The Labute approximate surface area is 202 Å². The average Bonchev–Trinajstić information content (AvgIpc) is 3.48. The number of hydrogen-bond donors (Lipinski definition) is 2. The van der Waals surface area contributed by atoms with Gasteiger partial charge in [0.15, 0.2) is 5.75 Å². The molecule has 0 aliphatic rings. The second-order valence-electron chi connectivity index (χ2n) is 6.88. The summed E-state index contributed by atoms with van der Waals surface area (Å²) in [7, 11) is 0. The van der Waals surface area contributed by atoms with Crippen LogP contribution in [0, 0.1) is 0 Å². The number of amides is 1. The number of ether oxygens (including phenoxy) is 1. The molecule has 11 heteroatoms. The van der Waals surface area contributed by atoms with E-state index in [9.17, 15) is 9.59 Å². The number of thioether (sulfide) groups is 1. The quantitative estimate of drug-likeness (QED) is 0.336. The Balaban J connectivity index is 1.45. The first-order valence-electron chi connectivity index (χ1n) is 9.94. The normalized spacial score (nSPS) is 10.8. The number of pyridine rings is 1. The predicted octanol–water partition coefficient (Wildman–Crippen LogP) is 4.01. The first kappa shape index (κ1) is 23.1. The van der Waals surface area contributed by atoms with E-state index in [0.29, 0.717) is 27.3 Å². The van der Waals surface area contributed by atoms with E-state index in [-0.39, 0.29) is 18.0 Å². The van der Waals surface area contributed by atoms with Gasteiger partial charge in [-0.25, -0.2) is 4.68 Å². The minimum Gasteiger partial charge on any atom is -0.486 e. The van der Waals surface area contributed by atoms with Crippen LogP contribution in [0.4, 0.5) is 0 Å². The summed E-state index contributed by atoms with van der Waals surface area (Å²) in [4.78, 5) is 27.6. The number of carbonyl (C=O) groups excluding carboxylic acids is 1. The zero-order valence-electron chi connectivity index (χ0n) is 17.6. The molecule has 0 unspecified atom stereocenters. The third kappa shape index (κ3) is 5.65. The number of aromatic amines is 1. The predicted molar refractivity (Wildman–Crippen MR) is 132 cm³/mol. The van der Waals surface area contributed by atoms with Gasteiger partial charge in [-0.3, -0.25) is 9.59 Å². The Morgan fingerprint density at radius 1 is 1.24 bits per heavy atom. The SMILES string of the molecule is CSCCOc1c(-c2ccc(-n3cc(CNC(=O)c4ccc(Cl)s4)nn3)cc2)cc[nH]c1=O. The third-order valence-electron chi connectivity index (χ3n) is 4.66. The van der Waals surface area contributed by atoms with Gasteiger partial charge >= 0.3 is 0 Å². The van der Waals surface area contributed by atoms with Gasteiger partial charge in [-0.2, -0.15) is 11.8 Å². The number of rotatable bonds is 9. The number of aromatic nitrogens is 4. The van der Waals surface area contributed by atoms with Gasteiger partial charge in [0.1, 0.15) is 5.69 Å². The van der Waals surface area contributed by atoms with Crippen LogP contribution in [-0.4, -0.2) is 44.5 Å². The van der Waals surface area contributed by atoms with Gasteiger partial charge in [0.05, 0.1) is 34.2 Å². The van der Waals surface area contributed by atoms with Gasteiger partial charge in [0.25, 0.3) is 11.5 Å². The lowest BCUT2D eigenvalue weighted by molar-refractivity contribution is 0.0954. The largest absolute Gasteiger partial charge is 0.486 e. The van der Waals surface area contributed by atoms with Crippen LogP contribution in [0.5, 0.6) is 5.75 Å². The lowest BCUT2D eigenvalue weighted by Crippen LogP contribution is -2.21. The molecule has 4 aromatic rings. The highest BCUT2D eigenvalue weighted by atomic mass is 35.5. The van der Waals surface area contributed by atoms with Crippen molar-refractivity contribution in [2.75, 3.05) is 18.6 Å². The molecule has 1 aromatic carbocycles. The van der Waals surface area contributed by atoms with E-state index in [1.165, 1.54) is 11.3 Å². The number of hydrogen-bond acceptors (Lipinski definition) is 7. The zero-order chi connectivity index (χ0) is 23.2. The second kappa shape index (κ2) is 10.7. The number of carbonyl (C=O) groups is 1. The summed E-state index contributed by atoms with van der Waals surface area (Å²) in [6, 6.07) is 12.7. The van der Waals surface area contributed by atoms with Crippen LogP contribution >= 0.6 is 34.7 Å². The molecule has 0 radical (unpaired) electrons. The van der Waals surface area contributed by atoms with Gasteiger partial charge in [0.2, 0.25) is 0 Å². The monoisotopic (exact) mass is 501 g/mol. The van der Waals surface area contributed by atoms with Gasteiger partial charge in [-0.05, 0) is 42.2 Å². The van der Waals surface area contributed by atoms with Gasteiger partial charge in [0, 0.05) is 17.5 Å². The summed E-state index contributed by atoms with van der Waals surface area (Å²) < 4.78 is 7.92. The molecule has 0 aliphatic heterocycles. The van der Waals surface area contributed by atoms with Crippen LogP contribution in [-0.2, 0) is 6.54 Å². The molecule has 3 aromatic heterocycles. The average molecular weight is 502 g/mol. The van der Waals surface area contributed by atoms with Crippen molar-refractivity contribution in [2.45, 2.75) is 6.54 Å². The molecular weight excluding hydrogens is 482 g/mol. The van der Waals surface area contributed by atoms with Crippen molar-refractivity contribution in [3.63, 3.8) is 0 Å². The van der Waals surface area contributed by atoms with Gasteiger partial charge in [-0.15, -0.1) is 16.4 Å². The summed E-state index contributed by atoms with van der Waals surface area (Å²) in [6.45, 7) is 0.701. The van der Waals surface area contributed by atoms with E-state index < -0.39 is 0 Å². The Morgan fingerprint density at radius 2 is 2.06 bits per heavy atom. The molecule has 0 atom stereocenters. The highest BCUT2D eigenvalue weighted by Gasteiger charge is 2.12. The number of benzene rings is 1. The summed E-state index contributed by atoms with van der Waals surface area (Å²) in [6.07, 6.45) is 5.34.